The molecule has 1 rings (SSSR count). The Kier molecular flexibility index (Phi) is 5.41. The van der Waals surface area contributed by atoms with Crippen molar-refractivity contribution in [2.75, 3.05) is 6.54 Å². The third-order valence-electron chi connectivity index (χ3n) is 2.42. The van der Waals surface area contributed by atoms with Crippen LogP contribution in [0.4, 0.5) is 4.79 Å². The minimum Gasteiger partial charge on any atom is -0.476 e. The molecule has 102 valence electrons. The number of hydrogen-bond donors (Lipinski definition) is 3. The van der Waals surface area contributed by atoms with E-state index < -0.39 is 5.97 Å². The Labute approximate surface area is 111 Å². The number of amides is 2. The fourth-order valence-corrected chi connectivity index (χ4v) is 1.36. The predicted octanol–water partition coefficient (Wildman–Crippen LogP) is 0.292. The summed E-state index contributed by atoms with van der Waals surface area (Å²) >= 11 is 0. The van der Waals surface area contributed by atoms with Crippen LogP contribution < -0.4 is 10.6 Å². The zero-order valence-corrected chi connectivity index (χ0v) is 10.6. The number of carbonyl (C=O) groups excluding carboxylic acids is 1. The van der Waals surface area contributed by atoms with Crippen LogP contribution in [0, 0.1) is 12.3 Å². The van der Waals surface area contributed by atoms with E-state index in [1.807, 2.05) is 6.92 Å². The van der Waals surface area contributed by atoms with E-state index in [-0.39, 0.29) is 17.8 Å². The van der Waals surface area contributed by atoms with Gasteiger partial charge in [0, 0.05) is 19.3 Å². The Hall–Kier alpha value is -2.49. The van der Waals surface area contributed by atoms with Crippen LogP contribution >= 0.6 is 0 Å². The van der Waals surface area contributed by atoms with Gasteiger partial charge in [-0.3, -0.25) is 0 Å². The first-order valence-corrected chi connectivity index (χ1v) is 5.82. The molecule has 0 radical (unpaired) electrons. The molecule has 1 atom stereocenters. The van der Waals surface area contributed by atoms with Crippen LogP contribution in [-0.2, 0) is 6.54 Å². The number of aromatic nitrogens is 2. The maximum Gasteiger partial charge on any atom is 0.356 e. The Bertz CT molecular complexity index is 489. The zero-order valence-electron chi connectivity index (χ0n) is 10.6. The van der Waals surface area contributed by atoms with E-state index in [0.29, 0.717) is 19.5 Å². The second-order valence-corrected chi connectivity index (χ2v) is 3.83. The summed E-state index contributed by atoms with van der Waals surface area (Å²) < 4.78 is 1.59. The number of nitrogens with zero attached hydrogens (tertiary/aromatic N) is 2. The van der Waals surface area contributed by atoms with Crippen molar-refractivity contribution in [3.05, 3.63) is 18.2 Å². The van der Waals surface area contributed by atoms with Gasteiger partial charge in [0.05, 0.1) is 12.4 Å². The molecule has 1 aromatic heterocycles. The van der Waals surface area contributed by atoms with E-state index in [2.05, 4.69) is 21.5 Å². The van der Waals surface area contributed by atoms with Crippen molar-refractivity contribution in [2.45, 2.75) is 25.9 Å². The largest absolute Gasteiger partial charge is 0.476 e. The second kappa shape index (κ2) is 7.06. The van der Waals surface area contributed by atoms with Crippen LogP contribution in [0.2, 0.25) is 0 Å². The summed E-state index contributed by atoms with van der Waals surface area (Å²) in [6.07, 6.45) is 8.69. The molecule has 0 aliphatic carbocycles. The first kappa shape index (κ1) is 14.6. The summed E-state index contributed by atoms with van der Waals surface area (Å²) in [5, 5.41) is 13.9. The van der Waals surface area contributed by atoms with Crippen LogP contribution in [0.15, 0.2) is 12.5 Å². The summed E-state index contributed by atoms with van der Waals surface area (Å²) in [4.78, 5) is 25.7. The van der Waals surface area contributed by atoms with Crippen LogP contribution in [-0.4, -0.2) is 39.2 Å². The molecule has 7 nitrogen and oxygen atoms in total. The maximum atomic E-state index is 11.4. The summed E-state index contributed by atoms with van der Waals surface area (Å²) in [6, 6.07) is -0.629. The van der Waals surface area contributed by atoms with Crippen molar-refractivity contribution in [1.82, 2.24) is 20.2 Å². The number of nitrogens with one attached hydrogen (secondary N) is 2. The lowest BCUT2D eigenvalue weighted by Crippen LogP contribution is -2.42. The molecule has 0 saturated heterocycles. The highest BCUT2D eigenvalue weighted by molar-refractivity contribution is 5.84. The molecule has 0 bridgehead atoms. The van der Waals surface area contributed by atoms with E-state index in [9.17, 15) is 9.59 Å². The Morgan fingerprint density at radius 1 is 1.63 bits per heavy atom. The fraction of sp³-hybridized carbons (Fsp3) is 0.417. The minimum absolute atomic E-state index is 0.0252. The molecule has 19 heavy (non-hydrogen) atoms. The van der Waals surface area contributed by atoms with Gasteiger partial charge in [0.2, 0.25) is 0 Å². The van der Waals surface area contributed by atoms with E-state index in [1.165, 1.54) is 12.5 Å². The number of carboxylic acid groups (broad SMARTS) is 1. The van der Waals surface area contributed by atoms with E-state index in [4.69, 9.17) is 11.5 Å². The minimum atomic E-state index is -1.08. The average Bonchev–Trinajstić information content (AvgIpc) is 2.85. The number of rotatable bonds is 6. The summed E-state index contributed by atoms with van der Waals surface area (Å²) in [7, 11) is 0. The van der Waals surface area contributed by atoms with Crippen LogP contribution in [0.3, 0.4) is 0 Å². The Balaban J connectivity index is 2.31. The first-order valence-electron chi connectivity index (χ1n) is 5.82. The van der Waals surface area contributed by atoms with Gasteiger partial charge in [-0.05, 0) is 6.42 Å². The van der Waals surface area contributed by atoms with Crippen molar-refractivity contribution < 1.29 is 14.7 Å². The maximum absolute atomic E-state index is 11.4. The van der Waals surface area contributed by atoms with Crippen molar-refractivity contribution in [2.24, 2.45) is 0 Å². The molecule has 1 unspecified atom stereocenters. The van der Waals surface area contributed by atoms with Gasteiger partial charge in [-0.1, -0.05) is 12.8 Å². The van der Waals surface area contributed by atoms with Crippen molar-refractivity contribution >= 4 is 12.0 Å². The number of terminal acetylenes is 1. The molecule has 1 aromatic rings. The SMILES string of the molecule is C#CC(CC)NC(=O)NCCn1cnc(C(=O)O)c1. The lowest BCUT2D eigenvalue weighted by molar-refractivity contribution is 0.0691. The predicted molar refractivity (Wildman–Crippen MR) is 68.6 cm³/mol. The van der Waals surface area contributed by atoms with Crippen molar-refractivity contribution in [3.8, 4) is 12.3 Å². The number of urea groups is 1. The number of imidazole rings is 1. The molecule has 0 spiro atoms. The number of hydrogen-bond acceptors (Lipinski definition) is 3. The van der Waals surface area contributed by atoms with Crippen LogP contribution in [0.1, 0.15) is 23.8 Å². The molecule has 1 heterocycles. The molecule has 3 N–H and O–H groups in total. The van der Waals surface area contributed by atoms with Crippen molar-refractivity contribution in [1.29, 1.82) is 0 Å². The number of carbonyl (C=O) groups is 2. The van der Waals surface area contributed by atoms with Gasteiger partial charge in [0.15, 0.2) is 5.69 Å². The molecular weight excluding hydrogens is 248 g/mol. The van der Waals surface area contributed by atoms with Gasteiger partial charge in [-0.15, -0.1) is 6.42 Å². The van der Waals surface area contributed by atoms with E-state index >= 15 is 0 Å². The Morgan fingerprint density at radius 3 is 2.89 bits per heavy atom. The van der Waals surface area contributed by atoms with Crippen LogP contribution in [0.5, 0.6) is 0 Å². The van der Waals surface area contributed by atoms with Gasteiger partial charge in [-0.25, -0.2) is 14.6 Å². The summed E-state index contributed by atoms with van der Waals surface area (Å²) in [5.41, 5.74) is -0.0252. The quantitative estimate of drug-likeness (QED) is 0.643. The zero-order chi connectivity index (χ0) is 14.3. The molecule has 7 heteroatoms. The van der Waals surface area contributed by atoms with Gasteiger partial charge in [-0.2, -0.15) is 0 Å². The smallest absolute Gasteiger partial charge is 0.356 e. The Morgan fingerprint density at radius 2 is 2.37 bits per heavy atom. The van der Waals surface area contributed by atoms with Gasteiger partial charge in [0.1, 0.15) is 0 Å². The highest BCUT2D eigenvalue weighted by atomic mass is 16.4. The molecule has 0 saturated carbocycles. The fourth-order valence-electron chi connectivity index (χ4n) is 1.36. The normalized spacial score (nSPS) is 11.4. The standard InChI is InChI=1S/C12H16N4O3/c1-3-9(4-2)15-12(19)13-5-6-16-7-10(11(17)18)14-8-16/h1,7-9H,4-6H2,2H3,(H,17,18)(H2,13,15,19). The molecule has 0 aliphatic rings. The van der Waals surface area contributed by atoms with Crippen LogP contribution in [0.25, 0.3) is 0 Å². The lowest BCUT2D eigenvalue weighted by Gasteiger charge is -2.11. The average molecular weight is 264 g/mol. The first-order chi connectivity index (χ1) is 9.06. The number of aromatic carboxylic acids is 1. The van der Waals surface area contributed by atoms with Gasteiger partial charge < -0.3 is 20.3 Å². The topological polar surface area (TPSA) is 96.3 Å². The van der Waals surface area contributed by atoms with Crippen molar-refractivity contribution in [3.63, 3.8) is 0 Å². The summed E-state index contributed by atoms with van der Waals surface area (Å²) in [6.45, 7) is 2.66. The molecule has 2 amide bonds. The molecule has 0 aromatic carbocycles. The highest BCUT2D eigenvalue weighted by Gasteiger charge is 2.08. The van der Waals surface area contributed by atoms with Gasteiger partial charge in [0.25, 0.3) is 0 Å². The molecule has 0 aliphatic heterocycles. The van der Waals surface area contributed by atoms with E-state index in [1.54, 1.807) is 4.57 Å². The summed E-state index contributed by atoms with van der Waals surface area (Å²) in [5.74, 6) is 1.37. The monoisotopic (exact) mass is 264 g/mol. The second-order valence-electron chi connectivity index (χ2n) is 3.83. The molecule has 0 fully saturated rings. The third-order valence-corrected chi connectivity index (χ3v) is 2.42. The van der Waals surface area contributed by atoms with E-state index in [0.717, 1.165) is 0 Å². The lowest BCUT2D eigenvalue weighted by atomic mass is 10.2. The highest BCUT2D eigenvalue weighted by Crippen LogP contribution is 1.95. The third kappa shape index (κ3) is 4.71. The molecular formula is C12H16N4O3. The number of carboxylic acids is 1. The van der Waals surface area contributed by atoms with Gasteiger partial charge >= 0.3 is 12.0 Å².